The Morgan fingerprint density at radius 1 is 1.38 bits per heavy atom. The number of nitrogens with two attached hydrogens (primary N) is 1. The first kappa shape index (κ1) is 15.8. The van der Waals surface area contributed by atoms with E-state index in [0.29, 0.717) is 15.0 Å². The molecule has 8 heteroatoms. The number of hydrogen-bond acceptors (Lipinski definition) is 5. The van der Waals surface area contributed by atoms with Gasteiger partial charge in [-0.1, -0.05) is 15.9 Å². The maximum Gasteiger partial charge on any atom is 0.264 e. The first-order valence-electron chi connectivity index (χ1n) is 5.84. The maximum atomic E-state index is 12.4. The molecule has 110 valence electrons. The van der Waals surface area contributed by atoms with Crippen molar-refractivity contribution in [2.24, 2.45) is 0 Å². The number of nitrogen functional groups attached to an aromatic ring is 1. The predicted molar refractivity (Wildman–Crippen MR) is 87.9 cm³/mol. The fourth-order valence-electron chi connectivity index (χ4n) is 1.77. The van der Waals surface area contributed by atoms with Crippen molar-refractivity contribution in [2.45, 2.75) is 18.7 Å². The van der Waals surface area contributed by atoms with Crippen LogP contribution in [0.4, 0.5) is 10.7 Å². The van der Waals surface area contributed by atoms with Crippen LogP contribution < -0.4 is 10.5 Å². The molecule has 0 saturated carbocycles. The molecule has 0 amide bonds. The first-order chi connectivity index (χ1) is 9.76. The molecule has 3 N–H and O–H groups in total. The van der Waals surface area contributed by atoms with E-state index >= 15 is 0 Å². The second-order valence-corrected chi connectivity index (χ2v) is 8.18. The second-order valence-electron chi connectivity index (χ2n) is 4.39. The van der Waals surface area contributed by atoms with Gasteiger partial charge in [0.05, 0.1) is 11.3 Å². The molecular weight excluding hydrogens is 374 g/mol. The Labute approximate surface area is 135 Å². The average Bonchev–Trinajstić information content (AvgIpc) is 2.63. The number of nitrogens with one attached hydrogen (secondary N) is 1. The van der Waals surface area contributed by atoms with Gasteiger partial charge in [0.1, 0.15) is 16.0 Å². The van der Waals surface area contributed by atoms with Crippen molar-refractivity contribution in [3.8, 4) is 6.07 Å². The summed E-state index contributed by atoms with van der Waals surface area (Å²) < 4.78 is 28.0. The third-order valence-corrected chi connectivity index (χ3v) is 6.15. The summed E-state index contributed by atoms with van der Waals surface area (Å²) in [7, 11) is -3.83. The van der Waals surface area contributed by atoms with Crippen molar-refractivity contribution in [1.29, 1.82) is 5.26 Å². The van der Waals surface area contributed by atoms with Gasteiger partial charge in [-0.2, -0.15) is 5.26 Å². The highest BCUT2D eigenvalue weighted by atomic mass is 79.9. The molecule has 0 atom stereocenters. The minimum atomic E-state index is -3.83. The van der Waals surface area contributed by atoms with E-state index in [2.05, 4.69) is 20.7 Å². The van der Waals surface area contributed by atoms with Gasteiger partial charge in [-0.25, -0.2) is 8.42 Å². The molecule has 1 heterocycles. The van der Waals surface area contributed by atoms with Gasteiger partial charge in [0.15, 0.2) is 0 Å². The number of nitrogens with zero attached hydrogens (tertiary/aromatic N) is 1. The number of sulfonamides is 1. The molecule has 0 unspecified atom stereocenters. The molecule has 0 spiro atoms. The Kier molecular flexibility index (Phi) is 4.27. The highest BCUT2D eigenvalue weighted by Gasteiger charge is 2.22. The molecule has 0 aliphatic carbocycles. The zero-order valence-electron chi connectivity index (χ0n) is 11.3. The first-order valence-corrected chi connectivity index (χ1v) is 8.93. The van der Waals surface area contributed by atoms with E-state index < -0.39 is 10.0 Å². The fourth-order valence-corrected chi connectivity index (χ4v) is 4.58. The lowest BCUT2D eigenvalue weighted by Gasteiger charge is -2.09. The lowest BCUT2D eigenvalue weighted by Crippen LogP contribution is -2.14. The minimum Gasteiger partial charge on any atom is -0.398 e. The van der Waals surface area contributed by atoms with Crippen LogP contribution in [0.2, 0.25) is 0 Å². The van der Waals surface area contributed by atoms with Gasteiger partial charge in [0.2, 0.25) is 0 Å². The third-order valence-electron chi connectivity index (χ3n) is 2.99. The lowest BCUT2D eigenvalue weighted by atomic mass is 10.2. The van der Waals surface area contributed by atoms with Crippen molar-refractivity contribution in [2.75, 3.05) is 10.5 Å². The maximum absolute atomic E-state index is 12.4. The smallest absolute Gasteiger partial charge is 0.264 e. The summed E-state index contributed by atoms with van der Waals surface area (Å²) in [6.45, 7) is 3.63. The van der Waals surface area contributed by atoms with Crippen LogP contribution in [0.25, 0.3) is 0 Å². The molecular formula is C13H12BrN3O2S2. The Bertz CT molecular complexity index is 851. The summed E-state index contributed by atoms with van der Waals surface area (Å²) in [4.78, 5) is 0.881. The molecule has 0 fully saturated rings. The highest BCUT2D eigenvalue weighted by Crippen LogP contribution is 2.34. The Morgan fingerprint density at radius 2 is 2.05 bits per heavy atom. The van der Waals surface area contributed by atoms with Crippen LogP contribution in [0.15, 0.2) is 27.6 Å². The van der Waals surface area contributed by atoms with Crippen LogP contribution in [-0.4, -0.2) is 8.42 Å². The number of aryl methyl sites for hydroxylation is 1. The minimum absolute atomic E-state index is 0.0155. The van der Waals surface area contributed by atoms with Gasteiger partial charge < -0.3 is 5.73 Å². The topological polar surface area (TPSA) is 96.0 Å². The van der Waals surface area contributed by atoms with E-state index in [9.17, 15) is 8.42 Å². The summed E-state index contributed by atoms with van der Waals surface area (Å²) in [5.41, 5.74) is 7.02. The van der Waals surface area contributed by atoms with Crippen molar-refractivity contribution >= 4 is 48.0 Å². The van der Waals surface area contributed by atoms with Gasteiger partial charge in [-0.05, 0) is 37.6 Å². The number of thiophene rings is 1. The summed E-state index contributed by atoms with van der Waals surface area (Å²) >= 11 is 4.46. The molecule has 0 aliphatic heterocycles. The van der Waals surface area contributed by atoms with Crippen LogP contribution >= 0.6 is 27.3 Å². The van der Waals surface area contributed by atoms with Crippen molar-refractivity contribution in [3.63, 3.8) is 0 Å². The van der Waals surface area contributed by atoms with E-state index in [0.717, 1.165) is 10.4 Å². The highest BCUT2D eigenvalue weighted by molar-refractivity contribution is 9.10. The van der Waals surface area contributed by atoms with Crippen LogP contribution in [-0.2, 0) is 10.0 Å². The van der Waals surface area contributed by atoms with Crippen LogP contribution in [0.5, 0.6) is 0 Å². The molecule has 1 aromatic heterocycles. The number of anilines is 2. The fraction of sp³-hybridized carbons (Fsp3) is 0.154. The Hall–Kier alpha value is -1.56. The number of rotatable bonds is 3. The molecule has 0 saturated heterocycles. The summed E-state index contributed by atoms with van der Waals surface area (Å²) in [5.74, 6) is 0. The summed E-state index contributed by atoms with van der Waals surface area (Å²) in [6, 6.07) is 6.56. The van der Waals surface area contributed by atoms with Crippen molar-refractivity contribution in [1.82, 2.24) is 0 Å². The van der Waals surface area contributed by atoms with Gasteiger partial charge >= 0.3 is 0 Å². The summed E-state index contributed by atoms with van der Waals surface area (Å²) in [6.07, 6.45) is 0. The largest absolute Gasteiger partial charge is 0.398 e. The van der Waals surface area contributed by atoms with E-state index in [1.165, 1.54) is 23.5 Å². The molecule has 21 heavy (non-hydrogen) atoms. The van der Waals surface area contributed by atoms with Gasteiger partial charge in [0, 0.05) is 9.35 Å². The third kappa shape index (κ3) is 3.05. The zero-order valence-corrected chi connectivity index (χ0v) is 14.5. The van der Waals surface area contributed by atoms with Crippen molar-refractivity contribution < 1.29 is 8.42 Å². The number of halogens is 1. The Morgan fingerprint density at radius 3 is 2.62 bits per heavy atom. The SMILES string of the molecule is Cc1sc(NS(=O)(=O)c2ccc(Br)cc2N)c(C#N)c1C. The van der Waals surface area contributed by atoms with Crippen LogP contribution in [0.3, 0.4) is 0 Å². The van der Waals surface area contributed by atoms with Gasteiger partial charge in [0.25, 0.3) is 10.0 Å². The summed E-state index contributed by atoms with van der Waals surface area (Å²) in [5, 5.41) is 9.48. The molecule has 2 rings (SSSR count). The predicted octanol–water partition coefficient (Wildman–Crippen LogP) is 3.38. The number of benzene rings is 1. The van der Waals surface area contributed by atoms with Crippen LogP contribution in [0.1, 0.15) is 16.0 Å². The normalized spacial score (nSPS) is 11.1. The molecule has 0 bridgehead atoms. The van der Waals surface area contributed by atoms with Crippen LogP contribution in [0, 0.1) is 25.2 Å². The van der Waals surface area contributed by atoms with E-state index in [1.54, 1.807) is 13.0 Å². The van der Waals surface area contributed by atoms with E-state index in [-0.39, 0.29) is 10.6 Å². The monoisotopic (exact) mass is 385 g/mol. The van der Waals surface area contributed by atoms with Gasteiger partial charge in [-0.15, -0.1) is 11.3 Å². The number of hydrogen-bond donors (Lipinski definition) is 2. The number of nitriles is 1. The quantitative estimate of drug-likeness (QED) is 0.791. The molecule has 1 aromatic carbocycles. The van der Waals surface area contributed by atoms with Crippen molar-refractivity contribution in [3.05, 3.63) is 38.7 Å². The standard InChI is InChI=1S/C13H12BrN3O2S2/c1-7-8(2)20-13(10(7)6-15)17-21(18,19)12-4-3-9(14)5-11(12)16/h3-5,17H,16H2,1-2H3. The molecule has 5 nitrogen and oxygen atoms in total. The second kappa shape index (κ2) is 5.67. The lowest BCUT2D eigenvalue weighted by molar-refractivity contribution is 0.601. The zero-order chi connectivity index (χ0) is 15.8. The molecule has 2 aromatic rings. The molecule has 0 radical (unpaired) electrons. The molecule has 0 aliphatic rings. The Balaban J connectivity index is 2.48. The van der Waals surface area contributed by atoms with E-state index in [1.807, 2.05) is 13.0 Å². The average molecular weight is 386 g/mol. The van der Waals surface area contributed by atoms with Gasteiger partial charge in [-0.3, -0.25) is 4.72 Å². The van der Waals surface area contributed by atoms with E-state index in [4.69, 9.17) is 11.0 Å².